The van der Waals surface area contributed by atoms with Gasteiger partial charge < -0.3 is 36.4 Å². The van der Waals surface area contributed by atoms with E-state index in [4.69, 9.17) is 10.5 Å². The second kappa shape index (κ2) is 15.7. The van der Waals surface area contributed by atoms with Crippen LogP contribution in [0.5, 0.6) is 5.75 Å². The van der Waals surface area contributed by atoms with E-state index in [1.807, 2.05) is 65.0 Å². The summed E-state index contributed by atoms with van der Waals surface area (Å²) in [5.41, 5.74) is 5.59. The van der Waals surface area contributed by atoms with Crippen molar-refractivity contribution in [3.05, 3.63) is 78.4 Å². The minimum absolute atomic E-state index is 0.0319. The molecule has 262 valence electrons. The number of hydrogen-bond donors (Lipinski definition) is 5. The van der Waals surface area contributed by atoms with Crippen LogP contribution >= 0.6 is 11.8 Å². The monoisotopic (exact) mass is 691 g/mol. The summed E-state index contributed by atoms with van der Waals surface area (Å²) in [7, 11) is 0. The highest BCUT2D eigenvalue weighted by molar-refractivity contribution is 8.00. The van der Waals surface area contributed by atoms with Crippen molar-refractivity contribution >= 4 is 52.1 Å². The van der Waals surface area contributed by atoms with Crippen molar-refractivity contribution in [1.82, 2.24) is 20.9 Å². The molecule has 0 spiro atoms. The van der Waals surface area contributed by atoms with Gasteiger partial charge in [0, 0.05) is 15.7 Å². The SMILES string of the molecule is CC(C)(C)NC(=O)[C@H]1N(C(=O)C(O)[C@H](Cc2ccccc2)NC(=O)[C@H](CC(N)=O)NC(=O)COc2cccc3ccccc23)CSC1(C)C. The van der Waals surface area contributed by atoms with Crippen molar-refractivity contribution in [3.8, 4) is 5.75 Å². The Morgan fingerprint density at radius 2 is 1.63 bits per heavy atom. The van der Waals surface area contributed by atoms with E-state index < -0.39 is 71.2 Å². The van der Waals surface area contributed by atoms with Gasteiger partial charge in [0.25, 0.3) is 11.8 Å². The van der Waals surface area contributed by atoms with Gasteiger partial charge in [0.2, 0.25) is 17.7 Å². The van der Waals surface area contributed by atoms with Crippen molar-refractivity contribution in [1.29, 1.82) is 0 Å². The van der Waals surface area contributed by atoms with Crippen LogP contribution in [-0.2, 0) is 30.4 Å². The van der Waals surface area contributed by atoms with Crippen LogP contribution in [0.4, 0.5) is 0 Å². The highest BCUT2D eigenvalue weighted by Crippen LogP contribution is 2.40. The molecule has 1 aliphatic heterocycles. The number of amides is 5. The largest absolute Gasteiger partial charge is 0.483 e. The standard InChI is InChI=1S/C36H45N5O7S/c1-35(2,3)40-33(46)31-36(4,5)49-21-41(31)34(47)30(44)25(18-22-12-7-6-8-13-22)39-32(45)26(19-28(37)42)38-29(43)20-48-27-17-11-15-23-14-9-10-16-24(23)27/h6-17,25-26,30-31,44H,18-21H2,1-5H3,(H2,37,42)(H,38,43)(H,39,45)(H,40,46)/t25-,26-,30?,31+/m0/s1. The molecule has 1 aliphatic rings. The third kappa shape index (κ3) is 9.96. The van der Waals surface area contributed by atoms with Gasteiger partial charge in [-0.15, -0.1) is 11.8 Å². The Hall–Kier alpha value is -4.62. The number of benzene rings is 3. The fraction of sp³-hybridized carbons (Fsp3) is 0.417. The van der Waals surface area contributed by atoms with Crippen molar-refractivity contribution < 1.29 is 33.8 Å². The van der Waals surface area contributed by atoms with Gasteiger partial charge >= 0.3 is 0 Å². The average Bonchev–Trinajstić information content (AvgIpc) is 3.36. The molecular weight excluding hydrogens is 646 g/mol. The topological polar surface area (TPSA) is 180 Å². The molecule has 0 saturated carbocycles. The zero-order chi connectivity index (χ0) is 35.9. The summed E-state index contributed by atoms with van der Waals surface area (Å²) in [5, 5.41) is 21.4. The van der Waals surface area contributed by atoms with Gasteiger partial charge in [-0.1, -0.05) is 66.7 Å². The number of nitrogens with one attached hydrogen (secondary N) is 3. The Bertz CT molecular complexity index is 1670. The summed E-state index contributed by atoms with van der Waals surface area (Å²) in [6.45, 7) is 8.77. The number of hydrogen-bond acceptors (Lipinski definition) is 8. The number of primary amides is 1. The van der Waals surface area contributed by atoms with Crippen molar-refractivity contribution in [3.63, 3.8) is 0 Å². The van der Waals surface area contributed by atoms with Gasteiger partial charge in [-0.25, -0.2) is 0 Å². The number of ether oxygens (including phenoxy) is 1. The second-order valence-corrected chi connectivity index (χ2v) is 15.2. The quantitative estimate of drug-likeness (QED) is 0.181. The second-order valence-electron chi connectivity index (χ2n) is 13.6. The van der Waals surface area contributed by atoms with Crippen LogP contribution in [-0.4, -0.2) is 86.5 Å². The Balaban J connectivity index is 1.52. The molecule has 4 rings (SSSR count). The molecule has 1 saturated heterocycles. The number of nitrogens with zero attached hydrogens (tertiary/aromatic N) is 1. The molecule has 12 nitrogen and oxygen atoms in total. The van der Waals surface area contributed by atoms with Crippen LogP contribution in [0.15, 0.2) is 72.8 Å². The maximum Gasteiger partial charge on any atom is 0.258 e. The molecule has 1 heterocycles. The fourth-order valence-corrected chi connectivity index (χ4v) is 6.84. The molecule has 1 fully saturated rings. The van der Waals surface area contributed by atoms with Gasteiger partial charge in [0.05, 0.1) is 18.3 Å². The molecule has 49 heavy (non-hydrogen) atoms. The van der Waals surface area contributed by atoms with Gasteiger partial charge in [-0.2, -0.15) is 0 Å². The fourth-order valence-electron chi connectivity index (χ4n) is 5.70. The lowest BCUT2D eigenvalue weighted by molar-refractivity contribution is -0.148. The van der Waals surface area contributed by atoms with E-state index in [1.165, 1.54) is 16.7 Å². The summed E-state index contributed by atoms with van der Waals surface area (Å²) >= 11 is 1.40. The molecule has 4 atom stereocenters. The minimum atomic E-state index is -1.77. The number of aliphatic hydroxyl groups excluding tert-OH is 1. The van der Waals surface area contributed by atoms with Crippen LogP contribution in [0, 0.1) is 0 Å². The van der Waals surface area contributed by atoms with Gasteiger partial charge in [-0.05, 0) is 58.1 Å². The number of carbonyl (C=O) groups is 5. The predicted molar refractivity (Wildman–Crippen MR) is 188 cm³/mol. The number of rotatable bonds is 13. The zero-order valence-corrected chi connectivity index (χ0v) is 29.2. The van der Waals surface area contributed by atoms with E-state index in [0.717, 1.165) is 10.8 Å². The van der Waals surface area contributed by atoms with E-state index in [0.29, 0.717) is 11.3 Å². The summed E-state index contributed by atoms with van der Waals surface area (Å²) in [6.07, 6.45) is -2.28. The van der Waals surface area contributed by atoms with E-state index in [-0.39, 0.29) is 18.2 Å². The first-order chi connectivity index (χ1) is 23.1. The number of fused-ring (bicyclic) bond motifs is 1. The third-order valence-electron chi connectivity index (χ3n) is 8.00. The Morgan fingerprint density at radius 3 is 2.31 bits per heavy atom. The minimum Gasteiger partial charge on any atom is -0.483 e. The smallest absolute Gasteiger partial charge is 0.258 e. The number of carbonyl (C=O) groups excluding carboxylic acids is 5. The first-order valence-corrected chi connectivity index (χ1v) is 17.0. The zero-order valence-electron chi connectivity index (χ0n) is 28.4. The molecule has 13 heteroatoms. The molecule has 1 unspecified atom stereocenters. The molecule has 0 radical (unpaired) electrons. The lowest BCUT2D eigenvalue weighted by atomic mass is 9.96. The van der Waals surface area contributed by atoms with Crippen molar-refractivity contribution in [2.75, 3.05) is 12.5 Å². The molecular formula is C36H45N5O7S. The van der Waals surface area contributed by atoms with Crippen LogP contribution in [0.1, 0.15) is 46.6 Å². The first kappa shape index (κ1) is 37.2. The Kier molecular flexibility index (Phi) is 11.9. The van der Waals surface area contributed by atoms with Crippen LogP contribution in [0.2, 0.25) is 0 Å². The number of aliphatic hydroxyl groups is 1. The summed E-state index contributed by atoms with van der Waals surface area (Å²) < 4.78 is 5.09. The maximum absolute atomic E-state index is 13.9. The van der Waals surface area contributed by atoms with Crippen LogP contribution in [0.25, 0.3) is 10.8 Å². The molecule has 3 aromatic carbocycles. The molecule has 5 amide bonds. The molecule has 6 N–H and O–H groups in total. The first-order valence-electron chi connectivity index (χ1n) is 16.0. The highest BCUT2D eigenvalue weighted by atomic mass is 32.2. The molecule has 3 aromatic rings. The van der Waals surface area contributed by atoms with E-state index >= 15 is 0 Å². The lowest BCUT2D eigenvalue weighted by Crippen LogP contribution is -2.61. The van der Waals surface area contributed by atoms with Crippen LogP contribution in [0.3, 0.4) is 0 Å². The van der Waals surface area contributed by atoms with Gasteiger partial charge in [-0.3, -0.25) is 24.0 Å². The highest BCUT2D eigenvalue weighted by Gasteiger charge is 2.50. The average molecular weight is 692 g/mol. The molecule has 0 bridgehead atoms. The summed E-state index contributed by atoms with van der Waals surface area (Å²) in [5.74, 6) is -2.86. The normalized spacial score (nSPS) is 17.4. The Morgan fingerprint density at radius 1 is 0.980 bits per heavy atom. The van der Waals surface area contributed by atoms with E-state index in [9.17, 15) is 29.1 Å². The Labute approximate surface area is 290 Å². The lowest BCUT2D eigenvalue weighted by Gasteiger charge is -2.35. The summed E-state index contributed by atoms with van der Waals surface area (Å²) in [4.78, 5) is 67.3. The van der Waals surface area contributed by atoms with E-state index in [2.05, 4.69) is 16.0 Å². The molecule has 0 aliphatic carbocycles. The van der Waals surface area contributed by atoms with Crippen molar-refractivity contribution in [2.45, 2.75) is 82.0 Å². The predicted octanol–water partition coefficient (Wildman–Crippen LogP) is 2.26. The summed E-state index contributed by atoms with van der Waals surface area (Å²) in [6, 6.07) is 18.3. The molecule has 0 aromatic heterocycles. The van der Waals surface area contributed by atoms with Crippen molar-refractivity contribution in [2.24, 2.45) is 5.73 Å². The van der Waals surface area contributed by atoms with Crippen LogP contribution < -0.4 is 26.4 Å². The van der Waals surface area contributed by atoms with Gasteiger partial charge in [0.15, 0.2) is 12.7 Å². The van der Waals surface area contributed by atoms with Gasteiger partial charge in [0.1, 0.15) is 17.8 Å². The number of nitrogens with two attached hydrogens (primary N) is 1. The third-order valence-corrected chi connectivity index (χ3v) is 9.38. The van der Waals surface area contributed by atoms with E-state index in [1.54, 1.807) is 42.5 Å². The number of thioether (sulfide) groups is 1. The maximum atomic E-state index is 13.9.